The number of nitrogens with one attached hydrogen (secondary N) is 1. The van der Waals surface area contributed by atoms with Crippen molar-refractivity contribution in [2.45, 2.75) is 19.8 Å². The summed E-state index contributed by atoms with van der Waals surface area (Å²) in [6.07, 6.45) is 2.95. The Labute approximate surface area is 180 Å². The number of nitrogens with zero attached hydrogens (tertiary/aromatic N) is 1. The topological polar surface area (TPSA) is 58.6 Å². The number of ether oxygens (including phenoxy) is 1. The molecular weight excluding hydrogens is 404 g/mol. The molecule has 1 aliphatic heterocycles. The van der Waals surface area contributed by atoms with Gasteiger partial charge in [0.15, 0.2) is 0 Å². The summed E-state index contributed by atoms with van der Waals surface area (Å²) in [7, 11) is 1.55. The monoisotopic (exact) mass is 426 g/mol. The van der Waals surface area contributed by atoms with Crippen molar-refractivity contribution in [1.82, 2.24) is 4.90 Å². The highest BCUT2D eigenvalue weighted by molar-refractivity contribution is 8.26. The van der Waals surface area contributed by atoms with E-state index >= 15 is 0 Å². The molecule has 0 saturated carbocycles. The second-order valence-electron chi connectivity index (χ2n) is 6.43. The summed E-state index contributed by atoms with van der Waals surface area (Å²) in [6, 6.07) is 15.3. The molecule has 5 nitrogen and oxygen atoms in total. The Morgan fingerprint density at radius 1 is 1.21 bits per heavy atom. The van der Waals surface area contributed by atoms with Gasteiger partial charge in [-0.3, -0.25) is 14.5 Å². The Hall–Kier alpha value is -2.64. The number of rotatable bonds is 7. The minimum atomic E-state index is -0.206. The smallest absolute Gasteiger partial charge is 0.266 e. The molecule has 0 radical (unpaired) electrons. The highest BCUT2D eigenvalue weighted by atomic mass is 32.2. The van der Waals surface area contributed by atoms with Crippen LogP contribution < -0.4 is 10.1 Å². The normalized spacial score (nSPS) is 15.1. The van der Waals surface area contributed by atoms with Crippen molar-refractivity contribution in [3.8, 4) is 5.75 Å². The number of thioether (sulfide) groups is 1. The second-order valence-corrected chi connectivity index (χ2v) is 8.10. The zero-order valence-electron chi connectivity index (χ0n) is 16.3. The van der Waals surface area contributed by atoms with Crippen LogP contribution in [0.5, 0.6) is 5.75 Å². The van der Waals surface area contributed by atoms with E-state index < -0.39 is 0 Å². The number of amides is 2. The molecule has 150 valence electrons. The average Bonchev–Trinajstić information content (AvgIpc) is 3.00. The number of carbonyl (C=O) groups is 2. The van der Waals surface area contributed by atoms with E-state index in [0.29, 0.717) is 20.7 Å². The molecule has 3 rings (SSSR count). The molecule has 0 spiro atoms. The van der Waals surface area contributed by atoms with Gasteiger partial charge < -0.3 is 10.1 Å². The molecule has 1 fully saturated rings. The van der Waals surface area contributed by atoms with Gasteiger partial charge in [0, 0.05) is 13.0 Å². The molecule has 1 aliphatic rings. The third kappa shape index (κ3) is 5.25. The van der Waals surface area contributed by atoms with Crippen molar-refractivity contribution >= 4 is 51.9 Å². The molecule has 1 N–H and O–H groups in total. The van der Waals surface area contributed by atoms with Crippen molar-refractivity contribution in [1.29, 1.82) is 0 Å². The zero-order chi connectivity index (χ0) is 20.8. The Balaban J connectivity index is 1.61. The highest BCUT2D eigenvalue weighted by Gasteiger charge is 2.32. The van der Waals surface area contributed by atoms with Gasteiger partial charge in [-0.25, -0.2) is 0 Å². The predicted octanol–water partition coefficient (Wildman–Crippen LogP) is 4.49. The molecule has 7 heteroatoms. The van der Waals surface area contributed by atoms with Gasteiger partial charge in [-0.2, -0.15) is 0 Å². The molecule has 2 aromatic rings. The van der Waals surface area contributed by atoms with Gasteiger partial charge in [0.25, 0.3) is 5.91 Å². The van der Waals surface area contributed by atoms with Crippen molar-refractivity contribution < 1.29 is 14.3 Å². The van der Waals surface area contributed by atoms with Crippen LogP contribution in [-0.4, -0.2) is 34.7 Å². The Kier molecular flexibility index (Phi) is 7.06. The largest absolute Gasteiger partial charge is 0.495 e. The second kappa shape index (κ2) is 9.71. The Morgan fingerprint density at radius 2 is 1.93 bits per heavy atom. The summed E-state index contributed by atoms with van der Waals surface area (Å²) in [5, 5.41) is 2.81. The van der Waals surface area contributed by atoms with Gasteiger partial charge >= 0.3 is 0 Å². The minimum Gasteiger partial charge on any atom is -0.495 e. The number of hydrogen-bond acceptors (Lipinski definition) is 5. The van der Waals surface area contributed by atoms with Crippen LogP contribution >= 0.6 is 24.0 Å². The maximum Gasteiger partial charge on any atom is 0.266 e. The minimum absolute atomic E-state index is 0.142. The number of para-hydroxylation sites is 2. The molecule has 29 heavy (non-hydrogen) atoms. The molecule has 1 heterocycles. The van der Waals surface area contributed by atoms with E-state index in [1.807, 2.05) is 30.3 Å². The van der Waals surface area contributed by atoms with E-state index in [-0.39, 0.29) is 24.8 Å². The van der Waals surface area contributed by atoms with E-state index in [9.17, 15) is 9.59 Å². The van der Waals surface area contributed by atoms with Gasteiger partial charge in [-0.15, -0.1) is 0 Å². The van der Waals surface area contributed by atoms with E-state index in [4.69, 9.17) is 17.0 Å². The van der Waals surface area contributed by atoms with Crippen molar-refractivity contribution in [3.63, 3.8) is 0 Å². The maximum atomic E-state index is 12.7. The number of aryl methyl sites for hydroxylation is 1. The molecule has 2 aromatic carbocycles. The van der Waals surface area contributed by atoms with Gasteiger partial charge in [-0.05, 0) is 35.8 Å². The molecule has 0 bridgehead atoms. The molecular formula is C22H22N2O3S2. The molecule has 0 atom stereocenters. The number of benzene rings is 2. The SMILES string of the molecule is CCc1ccc(C=C2SC(=S)N(CCC(=O)Nc3ccccc3OC)C2=O)cc1. The van der Waals surface area contributed by atoms with Crippen LogP contribution in [0.2, 0.25) is 0 Å². The summed E-state index contributed by atoms with van der Waals surface area (Å²) < 4.78 is 5.70. The first kappa shape index (κ1) is 21.1. The summed E-state index contributed by atoms with van der Waals surface area (Å²) in [5.41, 5.74) is 2.80. The maximum absolute atomic E-state index is 12.7. The van der Waals surface area contributed by atoms with Crippen LogP contribution in [0.25, 0.3) is 6.08 Å². The quantitative estimate of drug-likeness (QED) is 0.522. The molecule has 0 aromatic heterocycles. The third-order valence-corrected chi connectivity index (χ3v) is 5.88. The summed E-state index contributed by atoms with van der Waals surface area (Å²) in [5.74, 6) is 0.218. The fraction of sp³-hybridized carbons (Fsp3) is 0.227. The van der Waals surface area contributed by atoms with Crippen molar-refractivity contribution in [2.24, 2.45) is 0 Å². The number of carbonyl (C=O) groups excluding carboxylic acids is 2. The lowest BCUT2D eigenvalue weighted by Crippen LogP contribution is -2.31. The lowest BCUT2D eigenvalue weighted by Gasteiger charge is -2.15. The van der Waals surface area contributed by atoms with E-state index in [1.165, 1.54) is 22.2 Å². The van der Waals surface area contributed by atoms with E-state index in [2.05, 4.69) is 24.4 Å². The summed E-state index contributed by atoms with van der Waals surface area (Å²) in [6.45, 7) is 2.34. The van der Waals surface area contributed by atoms with Gasteiger partial charge in [0.1, 0.15) is 10.1 Å². The van der Waals surface area contributed by atoms with Crippen LogP contribution in [0.3, 0.4) is 0 Å². The number of anilines is 1. The first-order valence-electron chi connectivity index (χ1n) is 9.29. The highest BCUT2D eigenvalue weighted by Crippen LogP contribution is 2.32. The van der Waals surface area contributed by atoms with Crippen LogP contribution in [0.1, 0.15) is 24.5 Å². The fourth-order valence-corrected chi connectivity index (χ4v) is 4.18. The van der Waals surface area contributed by atoms with Crippen molar-refractivity contribution in [3.05, 3.63) is 64.6 Å². The Bertz CT molecular complexity index is 955. The van der Waals surface area contributed by atoms with Crippen LogP contribution in [0.15, 0.2) is 53.4 Å². The lowest BCUT2D eigenvalue weighted by atomic mass is 10.1. The average molecular weight is 427 g/mol. The van der Waals surface area contributed by atoms with Gasteiger partial charge in [0.2, 0.25) is 5.91 Å². The van der Waals surface area contributed by atoms with Crippen molar-refractivity contribution in [2.75, 3.05) is 19.0 Å². The zero-order valence-corrected chi connectivity index (χ0v) is 17.9. The predicted molar refractivity (Wildman–Crippen MR) is 122 cm³/mol. The molecule has 0 unspecified atom stereocenters. The van der Waals surface area contributed by atoms with E-state index in [0.717, 1.165) is 12.0 Å². The number of thiocarbonyl (C=S) groups is 1. The summed E-state index contributed by atoms with van der Waals surface area (Å²) >= 11 is 6.61. The van der Waals surface area contributed by atoms with Gasteiger partial charge in [0.05, 0.1) is 17.7 Å². The van der Waals surface area contributed by atoms with Crippen LogP contribution in [0, 0.1) is 0 Å². The molecule has 2 amide bonds. The van der Waals surface area contributed by atoms with Crippen LogP contribution in [0.4, 0.5) is 5.69 Å². The standard InChI is InChI=1S/C22H22N2O3S2/c1-3-15-8-10-16(11-9-15)14-19-21(26)24(22(28)29-19)13-12-20(25)23-17-6-4-5-7-18(17)27-2/h4-11,14H,3,12-13H2,1-2H3,(H,23,25). The number of methoxy groups -OCH3 is 1. The summed E-state index contributed by atoms with van der Waals surface area (Å²) in [4.78, 5) is 27.1. The first-order valence-corrected chi connectivity index (χ1v) is 10.5. The molecule has 1 saturated heterocycles. The Morgan fingerprint density at radius 3 is 2.62 bits per heavy atom. The van der Waals surface area contributed by atoms with E-state index in [1.54, 1.807) is 19.2 Å². The first-order chi connectivity index (χ1) is 14.0. The molecule has 0 aliphatic carbocycles. The van der Waals surface area contributed by atoms with Crippen LogP contribution in [-0.2, 0) is 16.0 Å². The lowest BCUT2D eigenvalue weighted by molar-refractivity contribution is -0.122. The van der Waals surface area contributed by atoms with Gasteiger partial charge in [-0.1, -0.05) is 67.3 Å². The third-order valence-electron chi connectivity index (χ3n) is 4.50. The number of hydrogen-bond donors (Lipinski definition) is 1. The fourth-order valence-electron chi connectivity index (χ4n) is 2.87.